The zero-order valence-corrected chi connectivity index (χ0v) is 13.9. The topological polar surface area (TPSA) is 29.1 Å². The van der Waals surface area contributed by atoms with E-state index in [9.17, 15) is 4.79 Å². The highest BCUT2D eigenvalue weighted by Crippen LogP contribution is 2.56. The minimum absolute atomic E-state index is 0.0539. The first-order chi connectivity index (χ1) is 9.77. The number of ketones is 1. The number of hydrogen-bond acceptors (Lipinski definition) is 2. The van der Waals surface area contributed by atoms with Crippen molar-refractivity contribution in [2.75, 3.05) is 5.32 Å². The largest absolute Gasteiger partial charge is 0.362 e. The maximum Gasteiger partial charge on any atom is 0.163 e. The summed E-state index contributed by atoms with van der Waals surface area (Å²) in [5.41, 5.74) is 2.04. The monoisotopic (exact) mass is 285 g/mol. The van der Waals surface area contributed by atoms with Gasteiger partial charge in [0.05, 0.1) is 0 Å². The van der Waals surface area contributed by atoms with Crippen LogP contribution in [0.3, 0.4) is 0 Å². The zero-order valence-electron chi connectivity index (χ0n) is 13.9. The molecule has 1 aromatic carbocycles. The van der Waals surface area contributed by atoms with Gasteiger partial charge < -0.3 is 5.32 Å². The lowest BCUT2D eigenvalue weighted by Crippen LogP contribution is -2.39. The quantitative estimate of drug-likeness (QED) is 0.793. The lowest BCUT2D eigenvalue weighted by atomic mass is 9.64. The van der Waals surface area contributed by atoms with Gasteiger partial charge in [-0.3, -0.25) is 4.79 Å². The van der Waals surface area contributed by atoms with Crippen molar-refractivity contribution in [2.45, 2.75) is 47.5 Å². The molecule has 0 aromatic heterocycles. The van der Waals surface area contributed by atoms with Crippen LogP contribution in [0.4, 0.5) is 5.69 Å². The molecule has 2 atom stereocenters. The van der Waals surface area contributed by atoms with Crippen LogP contribution in [0.2, 0.25) is 0 Å². The average molecular weight is 285 g/mol. The number of hydrogen-bond donors (Lipinski definition) is 1. The van der Waals surface area contributed by atoms with Crippen LogP contribution in [-0.2, 0) is 4.79 Å². The van der Waals surface area contributed by atoms with Gasteiger partial charge in [-0.15, -0.1) is 0 Å². The van der Waals surface area contributed by atoms with Crippen LogP contribution in [0.25, 0.3) is 0 Å². The summed E-state index contributed by atoms with van der Waals surface area (Å²) in [5.74, 6) is 0.821. The summed E-state index contributed by atoms with van der Waals surface area (Å²) in [6.07, 6.45) is 5.60. The maximum atomic E-state index is 12.6. The van der Waals surface area contributed by atoms with Crippen molar-refractivity contribution in [3.8, 4) is 0 Å². The molecule has 0 saturated heterocycles. The van der Waals surface area contributed by atoms with Crippen molar-refractivity contribution in [2.24, 2.45) is 16.7 Å². The Hall–Kier alpha value is -1.57. The van der Waals surface area contributed by atoms with Crippen molar-refractivity contribution in [1.29, 1.82) is 0 Å². The first kappa shape index (κ1) is 15.8. The molecule has 1 aliphatic rings. The molecule has 0 amide bonds. The van der Waals surface area contributed by atoms with Crippen molar-refractivity contribution in [1.82, 2.24) is 0 Å². The van der Waals surface area contributed by atoms with Gasteiger partial charge >= 0.3 is 0 Å². The molecule has 1 aromatic rings. The number of allylic oxidation sites excluding steroid dienone is 1. The normalized spacial score (nSPS) is 28.0. The van der Waals surface area contributed by atoms with E-state index in [2.05, 4.69) is 52.1 Å². The highest BCUT2D eigenvalue weighted by molar-refractivity contribution is 5.95. The fourth-order valence-electron chi connectivity index (χ4n) is 3.22. The van der Waals surface area contributed by atoms with E-state index in [1.54, 1.807) is 12.3 Å². The number of rotatable bonds is 4. The van der Waals surface area contributed by atoms with E-state index in [1.165, 1.54) is 5.56 Å². The Kier molecular flexibility index (Phi) is 4.27. The minimum atomic E-state index is -0.252. The summed E-state index contributed by atoms with van der Waals surface area (Å²) in [5, 5.41) is 3.18. The Morgan fingerprint density at radius 3 is 2.38 bits per heavy atom. The molecule has 1 aliphatic carbocycles. The molecule has 21 heavy (non-hydrogen) atoms. The number of nitrogens with one attached hydrogen (secondary N) is 1. The number of anilines is 1. The van der Waals surface area contributed by atoms with Crippen LogP contribution in [0, 0.1) is 23.7 Å². The predicted molar refractivity (Wildman–Crippen MR) is 89.2 cm³/mol. The molecule has 0 aliphatic heterocycles. The molecule has 0 bridgehead atoms. The van der Waals surface area contributed by atoms with Gasteiger partial charge in [-0.2, -0.15) is 0 Å². The van der Waals surface area contributed by atoms with E-state index in [-0.39, 0.29) is 16.6 Å². The Bertz CT molecular complexity index is 541. The van der Waals surface area contributed by atoms with Gasteiger partial charge in [-0.05, 0) is 49.3 Å². The molecule has 0 unspecified atom stereocenters. The molecule has 1 saturated carbocycles. The first-order valence-electron chi connectivity index (χ1n) is 7.81. The van der Waals surface area contributed by atoms with E-state index in [0.29, 0.717) is 5.92 Å². The maximum absolute atomic E-state index is 12.6. The number of carbonyl (C=O) groups excluding carboxylic acids is 1. The Morgan fingerprint density at radius 1 is 1.24 bits per heavy atom. The van der Waals surface area contributed by atoms with Gasteiger partial charge in [0.25, 0.3) is 0 Å². The summed E-state index contributed by atoms with van der Waals surface area (Å²) >= 11 is 0. The van der Waals surface area contributed by atoms with Gasteiger partial charge in [0, 0.05) is 17.3 Å². The number of aryl methyl sites for hydroxylation is 1. The van der Waals surface area contributed by atoms with E-state index >= 15 is 0 Å². The lowest BCUT2D eigenvalue weighted by molar-refractivity contribution is -0.128. The van der Waals surface area contributed by atoms with E-state index in [4.69, 9.17) is 0 Å². The van der Waals surface area contributed by atoms with Gasteiger partial charge in [-0.25, -0.2) is 0 Å². The van der Waals surface area contributed by atoms with Gasteiger partial charge in [0.15, 0.2) is 5.78 Å². The SMILES string of the molecule is Cc1ccc(N/C=C/C(=O)[C@@]2(C)CC[C@@H](C)C2(C)C)cc1. The van der Waals surface area contributed by atoms with Gasteiger partial charge in [-0.1, -0.05) is 45.4 Å². The summed E-state index contributed by atoms with van der Waals surface area (Å²) in [7, 11) is 0. The molecule has 0 spiro atoms. The molecular weight excluding hydrogens is 258 g/mol. The van der Waals surface area contributed by atoms with Crippen LogP contribution in [0.15, 0.2) is 36.5 Å². The van der Waals surface area contributed by atoms with Crippen molar-refractivity contribution in [3.05, 3.63) is 42.1 Å². The van der Waals surface area contributed by atoms with Crippen molar-refractivity contribution in [3.63, 3.8) is 0 Å². The molecule has 1 fully saturated rings. The van der Waals surface area contributed by atoms with Crippen LogP contribution >= 0.6 is 0 Å². The molecular formula is C19H27NO. The molecule has 114 valence electrons. The van der Waals surface area contributed by atoms with Gasteiger partial charge in [0.1, 0.15) is 0 Å². The fourth-order valence-corrected chi connectivity index (χ4v) is 3.22. The second kappa shape index (κ2) is 5.67. The third-order valence-corrected chi connectivity index (χ3v) is 5.81. The highest BCUT2D eigenvalue weighted by atomic mass is 16.1. The average Bonchev–Trinajstić information content (AvgIpc) is 2.65. The van der Waals surface area contributed by atoms with Crippen molar-refractivity contribution >= 4 is 11.5 Å². The number of carbonyl (C=O) groups is 1. The van der Waals surface area contributed by atoms with Crippen LogP contribution in [0.5, 0.6) is 0 Å². The molecule has 0 radical (unpaired) electrons. The van der Waals surface area contributed by atoms with Crippen LogP contribution < -0.4 is 5.32 Å². The van der Waals surface area contributed by atoms with Crippen LogP contribution in [0.1, 0.15) is 46.1 Å². The zero-order chi connectivity index (χ0) is 15.7. The Labute approximate surface area is 128 Å². The van der Waals surface area contributed by atoms with E-state index in [0.717, 1.165) is 18.5 Å². The Balaban J connectivity index is 2.04. The molecule has 2 rings (SSSR count). The van der Waals surface area contributed by atoms with E-state index < -0.39 is 0 Å². The molecule has 2 nitrogen and oxygen atoms in total. The molecule has 1 N–H and O–H groups in total. The predicted octanol–water partition coefficient (Wildman–Crippen LogP) is 4.95. The highest BCUT2D eigenvalue weighted by Gasteiger charge is 2.52. The first-order valence-corrected chi connectivity index (χ1v) is 7.81. The van der Waals surface area contributed by atoms with Crippen molar-refractivity contribution < 1.29 is 4.79 Å². The minimum Gasteiger partial charge on any atom is -0.362 e. The summed E-state index contributed by atoms with van der Waals surface area (Å²) < 4.78 is 0. The Morgan fingerprint density at radius 2 is 1.86 bits per heavy atom. The molecule has 2 heteroatoms. The molecule has 0 heterocycles. The summed E-state index contributed by atoms with van der Waals surface area (Å²) in [6, 6.07) is 8.16. The van der Waals surface area contributed by atoms with E-state index in [1.807, 2.05) is 12.1 Å². The summed E-state index contributed by atoms with van der Waals surface area (Å²) in [6.45, 7) is 10.9. The third kappa shape index (κ3) is 2.90. The van der Waals surface area contributed by atoms with Crippen LogP contribution in [-0.4, -0.2) is 5.78 Å². The fraction of sp³-hybridized carbons (Fsp3) is 0.526. The smallest absolute Gasteiger partial charge is 0.163 e. The van der Waals surface area contributed by atoms with Gasteiger partial charge in [0.2, 0.25) is 0 Å². The summed E-state index contributed by atoms with van der Waals surface area (Å²) in [4.78, 5) is 12.6. The third-order valence-electron chi connectivity index (χ3n) is 5.81. The number of benzene rings is 1. The lowest BCUT2D eigenvalue weighted by Gasteiger charge is -2.39. The second-order valence-corrected chi connectivity index (χ2v) is 7.20. The second-order valence-electron chi connectivity index (χ2n) is 7.20. The standard InChI is InChI=1S/C19H27NO/c1-14-6-8-16(9-7-14)20-13-11-17(21)19(5)12-10-15(2)18(19,3)4/h6-9,11,13,15,20H,10,12H2,1-5H3/b13-11+/t15-,19-/m1/s1.